The van der Waals surface area contributed by atoms with Crippen molar-refractivity contribution in [2.75, 3.05) is 26.3 Å². The molecule has 2 aliphatic heterocycles. The molecule has 1 amide bonds. The van der Waals surface area contributed by atoms with E-state index in [4.69, 9.17) is 15.2 Å². The van der Waals surface area contributed by atoms with Crippen LogP contribution in [0.1, 0.15) is 33.1 Å². The molecule has 2 fully saturated rings. The Morgan fingerprint density at radius 3 is 2.68 bits per heavy atom. The maximum atomic E-state index is 12.5. The van der Waals surface area contributed by atoms with Gasteiger partial charge >= 0.3 is 0 Å². The fourth-order valence-electron chi connectivity index (χ4n) is 2.94. The van der Waals surface area contributed by atoms with E-state index in [0.717, 1.165) is 32.5 Å². The molecule has 0 radical (unpaired) electrons. The lowest BCUT2D eigenvalue weighted by Crippen LogP contribution is -2.55. The number of morpholine rings is 1. The molecule has 0 spiro atoms. The second-order valence-corrected chi connectivity index (χ2v) is 5.70. The van der Waals surface area contributed by atoms with Crippen molar-refractivity contribution in [3.05, 3.63) is 0 Å². The van der Waals surface area contributed by atoms with E-state index in [0.29, 0.717) is 13.1 Å². The van der Waals surface area contributed by atoms with Gasteiger partial charge in [0.25, 0.3) is 0 Å². The van der Waals surface area contributed by atoms with Gasteiger partial charge in [-0.15, -0.1) is 0 Å². The van der Waals surface area contributed by atoms with Crippen molar-refractivity contribution >= 4 is 5.91 Å². The summed E-state index contributed by atoms with van der Waals surface area (Å²) in [5, 5.41) is 0. The molecule has 2 rings (SSSR count). The van der Waals surface area contributed by atoms with Crippen molar-refractivity contribution in [1.82, 2.24) is 4.90 Å². The molecule has 5 heteroatoms. The molecule has 0 aromatic heterocycles. The summed E-state index contributed by atoms with van der Waals surface area (Å²) in [6, 6.07) is -0.383. The highest BCUT2D eigenvalue weighted by Crippen LogP contribution is 2.21. The topological polar surface area (TPSA) is 64.8 Å². The fraction of sp³-hybridized carbons (Fsp3) is 0.929. The maximum Gasteiger partial charge on any atom is 0.239 e. The van der Waals surface area contributed by atoms with Crippen molar-refractivity contribution in [1.29, 1.82) is 0 Å². The zero-order chi connectivity index (χ0) is 13.8. The SMILES string of the molecule is CCC1CN(C(=O)C(N)C2CCOCC2)CC(C)O1. The molecule has 2 saturated heterocycles. The summed E-state index contributed by atoms with van der Waals surface area (Å²) in [4.78, 5) is 14.4. The third kappa shape index (κ3) is 3.68. The fourth-order valence-corrected chi connectivity index (χ4v) is 2.94. The van der Waals surface area contributed by atoms with Gasteiger partial charge in [0.1, 0.15) is 0 Å². The predicted octanol–water partition coefficient (Wildman–Crippen LogP) is 0.766. The highest BCUT2D eigenvalue weighted by Gasteiger charge is 2.34. The lowest BCUT2D eigenvalue weighted by molar-refractivity contribution is -0.147. The van der Waals surface area contributed by atoms with Crippen LogP contribution in [0.3, 0.4) is 0 Å². The monoisotopic (exact) mass is 270 g/mol. The van der Waals surface area contributed by atoms with E-state index in [9.17, 15) is 4.79 Å². The van der Waals surface area contributed by atoms with E-state index in [1.54, 1.807) is 0 Å². The van der Waals surface area contributed by atoms with E-state index < -0.39 is 0 Å². The average Bonchev–Trinajstić information content (AvgIpc) is 2.46. The third-order valence-corrected chi connectivity index (χ3v) is 4.15. The minimum Gasteiger partial charge on any atom is -0.381 e. The number of carbonyl (C=O) groups excluding carboxylic acids is 1. The molecule has 0 aliphatic carbocycles. The Kier molecular flexibility index (Phi) is 5.19. The predicted molar refractivity (Wildman–Crippen MR) is 72.7 cm³/mol. The summed E-state index contributed by atoms with van der Waals surface area (Å²) in [7, 11) is 0. The highest BCUT2D eigenvalue weighted by molar-refractivity contribution is 5.82. The lowest BCUT2D eigenvalue weighted by Gasteiger charge is -2.39. The van der Waals surface area contributed by atoms with Gasteiger partial charge in [-0.25, -0.2) is 0 Å². The Labute approximate surface area is 115 Å². The number of nitrogens with zero attached hydrogens (tertiary/aromatic N) is 1. The first-order valence-electron chi connectivity index (χ1n) is 7.39. The summed E-state index contributed by atoms with van der Waals surface area (Å²) in [5.41, 5.74) is 6.17. The van der Waals surface area contributed by atoms with Crippen molar-refractivity contribution in [2.24, 2.45) is 11.7 Å². The molecular formula is C14H26N2O3. The second kappa shape index (κ2) is 6.68. The quantitative estimate of drug-likeness (QED) is 0.822. The molecule has 5 nitrogen and oxygen atoms in total. The molecule has 3 unspecified atom stereocenters. The zero-order valence-electron chi connectivity index (χ0n) is 12.0. The van der Waals surface area contributed by atoms with Crippen molar-refractivity contribution in [3.63, 3.8) is 0 Å². The van der Waals surface area contributed by atoms with Crippen LogP contribution in [0.5, 0.6) is 0 Å². The first kappa shape index (κ1) is 14.8. The molecule has 0 saturated carbocycles. The van der Waals surface area contributed by atoms with Crippen LogP contribution in [-0.2, 0) is 14.3 Å². The zero-order valence-corrected chi connectivity index (χ0v) is 12.0. The Morgan fingerprint density at radius 1 is 1.37 bits per heavy atom. The number of rotatable bonds is 3. The molecule has 3 atom stereocenters. The molecule has 2 heterocycles. The Balaban J connectivity index is 1.93. The van der Waals surface area contributed by atoms with Gasteiger partial charge in [-0.1, -0.05) is 6.92 Å². The summed E-state index contributed by atoms with van der Waals surface area (Å²) in [6.45, 7) is 6.89. The van der Waals surface area contributed by atoms with Crippen LogP contribution in [0.25, 0.3) is 0 Å². The third-order valence-electron chi connectivity index (χ3n) is 4.15. The van der Waals surface area contributed by atoms with Crippen LogP contribution >= 0.6 is 0 Å². The van der Waals surface area contributed by atoms with Gasteiger partial charge in [0, 0.05) is 26.3 Å². The minimum atomic E-state index is -0.383. The summed E-state index contributed by atoms with van der Waals surface area (Å²) in [6.07, 6.45) is 2.97. The van der Waals surface area contributed by atoms with Crippen LogP contribution in [0.15, 0.2) is 0 Å². The standard InChI is InChI=1S/C14H26N2O3/c1-3-12-9-16(8-10(2)19-12)14(17)13(15)11-4-6-18-7-5-11/h10-13H,3-9,15H2,1-2H3. The first-order valence-corrected chi connectivity index (χ1v) is 7.39. The Hall–Kier alpha value is -0.650. The number of nitrogens with two attached hydrogens (primary N) is 1. The smallest absolute Gasteiger partial charge is 0.239 e. The lowest BCUT2D eigenvalue weighted by atomic mass is 9.91. The van der Waals surface area contributed by atoms with Crippen molar-refractivity contribution in [2.45, 2.75) is 51.4 Å². The van der Waals surface area contributed by atoms with Crippen molar-refractivity contribution < 1.29 is 14.3 Å². The molecule has 19 heavy (non-hydrogen) atoms. The van der Waals surface area contributed by atoms with Gasteiger partial charge in [-0.2, -0.15) is 0 Å². The van der Waals surface area contributed by atoms with Crippen LogP contribution in [-0.4, -0.2) is 55.4 Å². The molecule has 0 aromatic rings. The summed E-state index contributed by atoms with van der Waals surface area (Å²) in [5.74, 6) is 0.347. The normalized spacial score (nSPS) is 31.2. The number of amides is 1. The number of carbonyl (C=O) groups is 1. The molecule has 2 N–H and O–H groups in total. The maximum absolute atomic E-state index is 12.5. The van der Waals surface area contributed by atoms with Gasteiger partial charge in [0.15, 0.2) is 0 Å². The van der Waals surface area contributed by atoms with E-state index in [-0.39, 0.29) is 30.1 Å². The summed E-state index contributed by atoms with van der Waals surface area (Å²) < 4.78 is 11.1. The van der Waals surface area contributed by atoms with Crippen LogP contribution in [0, 0.1) is 5.92 Å². The Bertz CT molecular complexity index is 305. The van der Waals surface area contributed by atoms with Gasteiger partial charge in [0.2, 0.25) is 5.91 Å². The second-order valence-electron chi connectivity index (χ2n) is 5.70. The van der Waals surface area contributed by atoms with Gasteiger partial charge in [-0.05, 0) is 32.1 Å². The Morgan fingerprint density at radius 2 is 2.05 bits per heavy atom. The van der Waals surface area contributed by atoms with Gasteiger partial charge in [0.05, 0.1) is 18.2 Å². The minimum absolute atomic E-state index is 0.0838. The van der Waals surface area contributed by atoms with E-state index in [1.807, 2.05) is 11.8 Å². The van der Waals surface area contributed by atoms with Crippen LogP contribution < -0.4 is 5.73 Å². The molecule has 2 aliphatic rings. The van der Waals surface area contributed by atoms with Crippen LogP contribution in [0.4, 0.5) is 0 Å². The number of hydrogen-bond donors (Lipinski definition) is 1. The van der Waals surface area contributed by atoms with Crippen molar-refractivity contribution in [3.8, 4) is 0 Å². The highest BCUT2D eigenvalue weighted by atomic mass is 16.5. The van der Waals surface area contributed by atoms with Gasteiger partial charge in [-0.3, -0.25) is 4.79 Å². The largest absolute Gasteiger partial charge is 0.381 e. The van der Waals surface area contributed by atoms with Gasteiger partial charge < -0.3 is 20.1 Å². The van der Waals surface area contributed by atoms with E-state index in [2.05, 4.69) is 6.92 Å². The number of hydrogen-bond acceptors (Lipinski definition) is 4. The number of ether oxygens (including phenoxy) is 2. The molecule has 110 valence electrons. The summed E-state index contributed by atoms with van der Waals surface area (Å²) >= 11 is 0. The van der Waals surface area contributed by atoms with E-state index >= 15 is 0 Å². The molecule has 0 bridgehead atoms. The molecular weight excluding hydrogens is 244 g/mol. The van der Waals surface area contributed by atoms with E-state index in [1.165, 1.54) is 0 Å². The average molecular weight is 270 g/mol. The first-order chi connectivity index (χ1) is 9.11. The molecule has 0 aromatic carbocycles. The van der Waals surface area contributed by atoms with Crippen LogP contribution in [0.2, 0.25) is 0 Å².